The number of hydrogen-bond acceptors (Lipinski definition) is 5. The number of nitrogens with zero attached hydrogens (tertiary/aromatic N) is 1. The van der Waals surface area contributed by atoms with E-state index in [1.807, 2.05) is 0 Å². The summed E-state index contributed by atoms with van der Waals surface area (Å²) in [6.07, 6.45) is -1.82. The van der Waals surface area contributed by atoms with Crippen molar-refractivity contribution in [3.8, 4) is 0 Å². The highest BCUT2D eigenvalue weighted by atomic mass is 16.6. The van der Waals surface area contributed by atoms with Crippen molar-refractivity contribution in [3.05, 3.63) is 0 Å². The number of rotatable bonds is 0. The molecule has 0 aromatic carbocycles. The Morgan fingerprint density at radius 1 is 1.29 bits per heavy atom. The highest BCUT2D eigenvalue weighted by Crippen LogP contribution is 2.39. The number of piperidine rings is 1. The number of fused-ring (bicyclic) bond motifs is 1. The average molecular weight is 245 g/mol. The second-order valence-electron chi connectivity index (χ2n) is 6.41. The topological polar surface area (TPSA) is 73.2 Å². The summed E-state index contributed by atoms with van der Waals surface area (Å²) in [5, 5.41) is 29.8. The third kappa shape index (κ3) is 2.35. The maximum absolute atomic E-state index is 9.97. The summed E-state index contributed by atoms with van der Waals surface area (Å²) in [6, 6.07) is -0.0524. The molecule has 100 valence electrons. The van der Waals surface area contributed by atoms with Gasteiger partial charge >= 0.3 is 0 Å². The maximum atomic E-state index is 9.97. The number of β-amino-alcohol motifs (C(OH)–C–C–N with tert-alkyl or cyclic N) is 1. The second-order valence-corrected chi connectivity index (χ2v) is 6.41. The molecule has 3 N–H and O–H groups in total. The zero-order chi connectivity index (χ0) is 13.0. The first-order valence-electron chi connectivity index (χ1n) is 6.15. The van der Waals surface area contributed by atoms with Crippen LogP contribution in [0.2, 0.25) is 0 Å². The zero-order valence-electron chi connectivity index (χ0n) is 10.9. The van der Waals surface area contributed by atoms with E-state index in [4.69, 9.17) is 4.74 Å². The molecule has 2 aliphatic rings. The Morgan fingerprint density at radius 2 is 1.88 bits per heavy atom. The van der Waals surface area contributed by atoms with Crippen LogP contribution in [0.25, 0.3) is 0 Å². The monoisotopic (exact) mass is 245 g/mol. The minimum Gasteiger partial charge on any atom is -0.389 e. The van der Waals surface area contributed by atoms with E-state index in [-0.39, 0.29) is 11.6 Å². The smallest absolute Gasteiger partial charge is 0.164 e. The van der Waals surface area contributed by atoms with Crippen molar-refractivity contribution in [2.24, 2.45) is 0 Å². The minimum atomic E-state index is -1.22. The molecule has 2 aliphatic heterocycles. The molecule has 5 atom stereocenters. The van der Waals surface area contributed by atoms with Gasteiger partial charge < -0.3 is 20.1 Å². The summed E-state index contributed by atoms with van der Waals surface area (Å²) in [5.74, 6) is -1.22. The molecule has 0 radical (unpaired) electrons. The summed E-state index contributed by atoms with van der Waals surface area (Å²) in [4.78, 5) is 2.11. The predicted molar refractivity (Wildman–Crippen MR) is 62.4 cm³/mol. The lowest BCUT2D eigenvalue weighted by molar-refractivity contribution is -0.216. The van der Waals surface area contributed by atoms with Gasteiger partial charge in [-0.1, -0.05) is 0 Å². The maximum Gasteiger partial charge on any atom is 0.164 e. The third-order valence-corrected chi connectivity index (χ3v) is 3.73. The van der Waals surface area contributed by atoms with Crippen LogP contribution in [0.4, 0.5) is 0 Å². The number of hydrogen-bond donors (Lipinski definition) is 3. The number of aliphatic hydroxyl groups excluding tert-OH is 2. The molecule has 5 heteroatoms. The molecule has 0 spiro atoms. The van der Waals surface area contributed by atoms with Crippen LogP contribution >= 0.6 is 0 Å². The average Bonchev–Trinajstić information content (AvgIpc) is 2.46. The molecule has 17 heavy (non-hydrogen) atoms. The van der Waals surface area contributed by atoms with E-state index < -0.39 is 24.1 Å². The van der Waals surface area contributed by atoms with Gasteiger partial charge in [0.15, 0.2) is 5.79 Å². The van der Waals surface area contributed by atoms with Crippen molar-refractivity contribution < 1.29 is 20.1 Å². The van der Waals surface area contributed by atoms with Crippen LogP contribution in [0.1, 0.15) is 34.1 Å². The molecule has 5 nitrogen and oxygen atoms in total. The molecule has 0 aromatic rings. The largest absolute Gasteiger partial charge is 0.389 e. The van der Waals surface area contributed by atoms with Crippen LogP contribution in [-0.4, -0.2) is 62.4 Å². The molecule has 0 saturated carbocycles. The second kappa shape index (κ2) is 3.90. The summed E-state index contributed by atoms with van der Waals surface area (Å²) < 4.78 is 5.46. The molecule has 2 fully saturated rings. The van der Waals surface area contributed by atoms with Gasteiger partial charge in [0.05, 0.1) is 6.10 Å². The lowest BCUT2D eigenvalue weighted by atomic mass is 9.88. The fourth-order valence-electron chi connectivity index (χ4n) is 2.94. The Hall–Kier alpha value is -0.200. The van der Waals surface area contributed by atoms with E-state index in [1.165, 1.54) is 0 Å². The number of likely N-dealkylation sites (tertiary alicyclic amines) is 1. The Labute approximate surface area is 102 Å². The van der Waals surface area contributed by atoms with Crippen LogP contribution in [0.5, 0.6) is 0 Å². The first kappa shape index (κ1) is 13.2. The highest BCUT2D eigenvalue weighted by molar-refractivity contribution is 5.04. The molecule has 0 bridgehead atoms. The van der Waals surface area contributed by atoms with Crippen LogP contribution < -0.4 is 0 Å². The van der Waals surface area contributed by atoms with E-state index in [0.717, 1.165) is 0 Å². The van der Waals surface area contributed by atoms with Crippen LogP contribution in [-0.2, 0) is 4.74 Å². The number of aliphatic hydroxyl groups is 3. The van der Waals surface area contributed by atoms with Crippen molar-refractivity contribution in [2.45, 2.75) is 69.8 Å². The summed E-state index contributed by atoms with van der Waals surface area (Å²) >= 11 is 0. The van der Waals surface area contributed by atoms with Crippen molar-refractivity contribution in [1.29, 1.82) is 0 Å². The molecule has 1 unspecified atom stereocenters. The first-order chi connectivity index (χ1) is 7.62. The van der Waals surface area contributed by atoms with Gasteiger partial charge in [0.25, 0.3) is 0 Å². The van der Waals surface area contributed by atoms with Crippen LogP contribution in [0, 0.1) is 0 Å². The fourth-order valence-corrected chi connectivity index (χ4v) is 2.94. The fraction of sp³-hybridized carbons (Fsp3) is 1.00. The van der Waals surface area contributed by atoms with Gasteiger partial charge in [-0.15, -0.1) is 0 Å². The zero-order valence-corrected chi connectivity index (χ0v) is 10.9. The van der Waals surface area contributed by atoms with Crippen molar-refractivity contribution >= 4 is 0 Å². The van der Waals surface area contributed by atoms with E-state index in [2.05, 4.69) is 25.7 Å². The van der Waals surface area contributed by atoms with Gasteiger partial charge in [0.1, 0.15) is 12.2 Å². The van der Waals surface area contributed by atoms with Gasteiger partial charge in [-0.05, 0) is 27.7 Å². The summed E-state index contributed by atoms with van der Waals surface area (Å²) in [7, 11) is 0. The van der Waals surface area contributed by atoms with Crippen LogP contribution in [0.15, 0.2) is 0 Å². The quantitative estimate of drug-likeness (QED) is 0.546. The number of ether oxygens (including phenoxy) is 1. The van der Waals surface area contributed by atoms with Crippen molar-refractivity contribution in [2.75, 3.05) is 6.54 Å². The normalized spacial score (nSPS) is 48.2. The van der Waals surface area contributed by atoms with Gasteiger partial charge in [0.2, 0.25) is 0 Å². The standard InChI is InChI=1S/C12H23NO4/c1-11(2,3)13-6-8(14)9(15)10-7(13)5-12(4,16)17-10/h7-10,14-16H,5-6H2,1-4H3/t7-,8-,9-,10+,12?/m1/s1. The van der Waals surface area contributed by atoms with Crippen molar-refractivity contribution in [3.63, 3.8) is 0 Å². The van der Waals surface area contributed by atoms with Gasteiger partial charge in [-0.3, -0.25) is 4.90 Å². The molecule has 2 saturated heterocycles. The Balaban J connectivity index is 2.27. The Bertz CT molecular complexity index is 299. The minimum absolute atomic E-state index is 0.0524. The SMILES string of the molecule is CC1(O)C[C@@H]2[C@H](O1)[C@H](O)[C@H](O)CN2C(C)(C)C. The highest BCUT2D eigenvalue weighted by Gasteiger charge is 2.54. The van der Waals surface area contributed by atoms with Gasteiger partial charge in [-0.25, -0.2) is 0 Å². The molecular formula is C12H23NO4. The molecule has 0 aliphatic carbocycles. The van der Waals surface area contributed by atoms with E-state index in [9.17, 15) is 15.3 Å². The predicted octanol–water partition coefficient (Wildman–Crippen LogP) is -0.312. The third-order valence-electron chi connectivity index (χ3n) is 3.73. The molecule has 2 heterocycles. The van der Waals surface area contributed by atoms with Crippen LogP contribution in [0.3, 0.4) is 0 Å². The van der Waals surface area contributed by atoms with E-state index in [1.54, 1.807) is 6.92 Å². The lowest BCUT2D eigenvalue weighted by Gasteiger charge is -2.48. The molecular weight excluding hydrogens is 222 g/mol. The molecule has 2 rings (SSSR count). The Morgan fingerprint density at radius 3 is 2.41 bits per heavy atom. The van der Waals surface area contributed by atoms with Gasteiger partial charge in [-0.2, -0.15) is 0 Å². The Kier molecular flexibility index (Phi) is 3.03. The van der Waals surface area contributed by atoms with Crippen molar-refractivity contribution in [1.82, 2.24) is 4.90 Å². The van der Waals surface area contributed by atoms with E-state index in [0.29, 0.717) is 13.0 Å². The summed E-state index contributed by atoms with van der Waals surface area (Å²) in [6.45, 7) is 8.18. The molecule has 0 amide bonds. The summed E-state index contributed by atoms with van der Waals surface area (Å²) in [5.41, 5.74) is -0.131. The lowest BCUT2D eigenvalue weighted by Crippen LogP contribution is -2.64. The van der Waals surface area contributed by atoms with E-state index >= 15 is 0 Å². The first-order valence-corrected chi connectivity index (χ1v) is 6.15. The molecule has 0 aromatic heterocycles. The van der Waals surface area contributed by atoms with Gasteiger partial charge in [0, 0.05) is 24.5 Å².